The first kappa shape index (κ1) is 16.6. The van der Waals surface area contributed by atoms with Gasteiger partial charge in [0.2, 0.25) is 0 Å². The number of ether oxygens (including phenoxy) is 1. The lowest BCUT2D eigenvalue weighted by Crippen LogP contribution is -2.49. The fourth-order valence-electron chi connectivity index (χ4n) is 1.95. The highest BCUT2D eigenvalue weighted by Crippen LogP contribution is 2.42. The third-order valence-corrected chi connectivity index (χ3v) is 3.37. The van der Waals surface area contributed by atoms with Crippen molar-refractivity contribution in [2.24, 2.45) is 0 Å². The smallest absolute Gasteiger partial charge is 0.368 e. The summed E-state index contributed by atoms with van der Waals surface area (Å²) in [6.07, 6.45) is -3.20. The normalized spacial score (nSPS) is 19.6. The van der Waals surface area contributed by atoms with Gasteiger partial charge < -0.3 is 10.1 Å². The molecule has 1 N–H and O–H groups in total. The van der Waals surface area contributed by atoms with Crippen molar-refractivity contribution in [3.05, 3.63) is 0 Å². The summed E-state index contributed by atoms with van der Waals surface area (Å²) in [5.41, 5.74) is -0.809. The molecule has 0 atom stereocenters. The lowest BCUT2D eigenvalue weighted by atomic mass is 9.77. The zero-order valence-electron chi connectivity index (χ0n) is 11.1. The zero-order valence-corrected chi connectivity index (χ0v) is 11.1. The second-order valence-corrected chi connectivity index (χ2v) is 5.39. The van der Waals surface area contributed by atoms with Gasteiger partial charge in [-0.1, -0.05) is 13.8 Å². The van der Waals surface area contributed by atoms with Crippen LogP contribution in [0.2, 0.25) is 0 Å². The van der Waals surface area contributed by atoms with Crippen molar-refractivity contribution in [2.75, 3.05) is 13.2 Å². The van der Waals surface area contributed by atoms with Gasteiger partial charge in [0, 0.05) is 6.04 Å². The van der Waals surface area contributed by atoms with E-state index in [9.17, 15) is 22.0 Å². The van der Waals surface area contributed by atoms with Gasteiger partial charge in [-0.25, -0.2) is 0 Å². The maximum Gasteiger partial charge on any atom is 0.455 e. The molecule has 1 aliphatic carbocycles. The van der Waals surface area contributed by atoms with E-state index in [4.69, 9.17) is 4.74 Å². The minimum absolute atomic E-state index is 0.244. The van der Waals surface area contributed by atoms with Crippen LogP contribution in [0.15, 0.2) is 0 Å². The molecule has 0 bridgehead atoms. The second kappa shape index (κ2) is 5.91. The monoisotopic (exact) mass is 289 g/mol. The predicted molar refractivity (Wildman–Crippen MR) is 61.3 cm³/mol. The SMILES string of the molecule is CC(C)NCCC1(OCC(F)(F)C(F)(F)F)CCC1. The molecule has 7 heteroatoms. The number of nitrogens with one attached hydrogen (secondary N) is 1. The van der Waals surface area contributed by atoms with Crippen LogP contribution in [0.4, 0.5) is 22.0 Å². The van der Waals surface area contributed by atoms with Crippen molar-refractivity contribution < 1.29 is 26.7 Å². The van der Waals surface area contributed by atoms with Gasteiger partial charge in [0.15, 0.2) is 0 Å². The summed E-state index contributed by atoms with van der Waals surface area (Å²) in [4.78, 5) is 0. The molecule has 1 saturated carbocycles. The van der Waals surface area contributed by atoms with E-state index >= 15 is 0 Å². The van der Waals surface area contributed by atoms with E-state index in [0.717, 1.165) is 6.42 Å². The van der Waals surface area contributed by atoms with Gasteiger partial charge in [0.25, 0.3) is 0 Å². The summed E-state index contributed by atoms with van der Waals surface area (Å²) in [6, 6.07) is 0.244. The van der Waals surface area contributed by atoms with Gasteiger partial charge >= 0.3 is 12.1 Å². The van der Waals surface area contributed by atoms with Gasteiger partial charge in [-0.15, -0.1) is 0 Å². The lowest BCUT2D eigenvalue weighted by Gasteiger charge is -2.42. The topological polar surface area (TPSA) is 21.3 Å². The number of hydrogen-bond donors (Lipinski definition) is 1. The van der Waals surface area contributed by atoms with E-state index in [1.807, 2.05) is 13.8 Å². The van der Waals surface area contributed by atoms with Crippen LogP contribution in [0.5, 0.6) is 0 Å². The molecule has 19 heavy (non-hydrogen) atoms. The van der Waals surface area contributed by atoms with Crippen molar-refractivity contribution in [1.29, 1.82) is 0 Å². The molecule has 0 amide bonds. The Morgan fingerprint density at radius 2 is 1.74 bits per heavy atom. The van der Waals surface area contributed by atoms with Gasteiger partial charge in [0.05, 0.1) is 5.60 Å². The van der Waals surface area contributed by atoms with Crippen LogP contribution in [0.3, 0.4) is 0 Å². The van der Waals surface area contributed by atoms with E-state index in [2.05, 4.69) is 5.32 Å². The minimum atomic E-state index is -5.55. The van der Waals surface area contributed by atoms with Crippen LogP contribution < -0.4 is 5.32 Å². The molecular weight excluding hydrogens is 269 g/mol. The molecule has 114 valence electrons. The molecule has 0 spiro atoms. The molecule has 1 aliphatic rings. The van der Waals surface area contributed by atoms with E-state index < -0.39 is 24.3 Å². The Bertz CT molecular complexity index is 286. The van der Waals surface area contributed by atoms with Crippen LogP contribution in [0, 0.1) is 0 Å². The summed E-state index contributed by atoms with van der Waals surface area (Å²) >= 11 is 0. The lowest BCUT2D eigenvalue weighted by molar-refractivity contribution is -0.309. The van der Waals surface area contributed by atoms with Gasteiger partial charge in [-0.05, 0) is 32.2 Å². The zero-order chi connectivity index (χ0) is 14.7. The minimum Gasteiger partial charge on any atom is -0.368 e. The molecule has 0 aromatic heterocycles. The highest BCUT2D eigenvalue weighted by molar-refractivity contribution is 4.91. The average molecular weight is 289 g/mol. The van der Waals surface area contributed by atoms with Crippen molar-refractivity contribution >= 4 is 0 Å². The van der Waals surface area contributed by atoms with Crippen LogP contribution in [-0.4, -0.2) is 36.9 Å². The van der Waals surface area contributed by atoms with Crippen LogP contribution in [-0.2, 0) is 4.74 Å². The maximum absolute atomic E-state index is 12.8. The quantitative estimate of drug-likeness (QED) is 0.724. The van der Waals surface area contributed by atoms with Crippen molar-refractivity contribution in [2.45, 2.75) is 63.3 Å². The molecule has 0 heterocycles. The molecule has 0 radical (unpaired) electrons. The van der Waals surface area contributed by atoms with Crippen molar-refractivity contribution in [3.8, 4) is 0 Å². The first-order chi connectivity index (χ1) is 8.58. The summed E-state index contributed by atoms with van der Waals surface area (Å²) in [5.74, 6) is -4.78. The number of halogens is 5. The van der Waals surface area contributed by atoms with Crippen molar-refractivity contribution in [1.82, 2.24) is 5.32 Å². The van der Waals surface area contributed by atoms with Crippen LogP contribution in [0.25, 0.3) is 0 Å². The third-order valence-electron chi connectivity index (χ3n) is 3.37. The Morgan fingerprint density at radius 1 is 1.16 bits per heavy atom. The highest BCUT2D eigenvalue weighted by Gasteiger charge is 2.58. The Hall–Kier alpha value is -0.430. The fourth-order valence-corrected chi connectivity index (χ4v) is 1.95. The first-order valence-electron chi connectivity index (χ1n) is 6.40. The number of rotatable bonds is 7. The Kier molecular flexibility index (Phi) is 5.17. The summed E-state index contributed by atoms with van der Waals surface area (Å²) in [5, 5.41) is 3.11. The molecule has 0 unspecified atom stereocenters. The summed E-state index contributed by atoms with van der Waals surface area (Å²) in [6.45, 7) is 2.84. The summed E-state index contributed by atoms with van der Waals surface area (Å²) in [7, 11) is 0. The van der Waals surface area contributed by atoms with Gasteiger partial charge in [-0.3, -0.25) is 0 Å². The predicted octanol–water partition coefficient (Wildman–Crippen LogP) is 3.51. The maximum atomic E-state index is 12.8. The van der Waals surface area contributed by atoms with Crippen LogP contribution in [0.1, 0.15) is 39.5 Å². The average Bonchev–Trinajstić information content (AvgIpc) is 2.18. The highest BCUT2D eigenvalue weighted by atomic mass is 19.4. The third kappa shape index (κ3) is 4.56. The first-order valence-corrected chi connectivity index (χ1v) is 6.40. The van der Waals surface area contributed by atoms with Gasteiger partial charge in [-0.2, -0.15) is 22.0 Å². The van der Waals surface area contributed by atoms with Gasteiger partial charge in [0.1, 0.15) is 6.61 Å². The molecule has 1 rings (SSSR count). The van der Waals surface area contributed by atoms with E-state index in [0.29, 0.717) is 25.8 Å². The number of alkyl halides is 5. The second-order valence-electron chi connectivity index (χ2n) is 5.39. The Balaban J connectivity index is 2.44. The van der Waals surface area contributed by atoms with E-state index in [1.54, 1.807) is 0 Å². The number of hydrogen-bond acceptors (Lipinski definition) is 2. The molecule has 2 nitrogen and oxygen atoms in total. The van der Waals surface area contributed by atoms with E-state index in [-0.39, 0.29) is 6.04 Å². The molecule has 0 aromatic carbocycles. The van der Waals surface area contributed by atoms with E-state index in [1.165, 1.54) is 0 Å². The molecule has 0 aliphatic heterocycles. The fraction of sp³-hybridized carbons (Fsp3) is 1.00. The van der Waals surface area contributed by atoms with Crippen molar-refractivity contribution in [3.63, 3.8) is 0 Å². The van der Waals surface area contributed by atoms with Crippen LogP contribution >= 0.6 is 0 Å². The summed E-state index contributed by atoms with van der Waals surface area (Å²) < 4.78 is 66.7. The molecule has 0 aromatic rings. The molecule has 1 fully saturated rings. The molecule has 0 saturated heterocycles. The molecular formula is C12H20F5NO. The largest absolute Gasteiger partial charge is 0.455 e. The standard InChI is InChI=1S/C12H20F5NO/c1-9(2)18-7-6-10(4-3-5-10)19-8-11(13,14)12(15,16)17/h9,18H,3-8H2,1-2H3. The Labute approximate surface area is 109 Å². The Morgan fingerprint density at radius 3 is 2.11 bits per heavy atom.